The Hall–Kier alpha value is -1.84. The van der Waals surface area contributed by atoms with E-state index >= 15 is 0 Å². The molecule has 0 radical (unpaired) electrons. The predicted molar refractivity (Wildman–Crippen MR) is 62.6 cm³/mol. The van der Waals surface area contributed by atoms with Gasteiger partial charge in [0, 0.05) is 12.2 Å². The van der Waals surface area contributed by atoms with E-state index in [0.717, 1.165) is 11.3 Å². The van der Waals surface area contributed by atoms with Crippen molar-refractivity contribution in [3.8, 4) is 5.75 Å². The van der Waals surface area contributed by atoms with E-state index in [-0.39, 0.29) is 11.7 Å². The number of carbonyl (C=O) groups excluding carboxylic acids is 2. The minimum absolute atomic E-state index is 0.00166. The van der Waals surface area contributed by atoms with Gasteiger partial charge in [-0.1, -0.05) is 0 Å². The van der Waals surface area contributed by atoms with E-state index in [1.54, 1.807) is 17.9 Å². The number of hydrogen-bond donors (Lipinski definition) is 0. The van der Waals surface area contributed by atoms with E-state index in [1.807, 2.05) is 13.0 Å². The van der Waals surface area contributed by atoms with E-state index < -0.39 is 6.10 Å². The first kappa shape index (κ1) is 10.3. The molecule has 2 aliphatic heterocycles. The minimum Gasteiger partial charge on any atom is -0.482 e. The lowest BCUT2D eigenvalue weighted by Gasteiger charge is -2.14. The molecular formula is C13H13NO3. The van der Waals surface area contributed by atoms with Crippen molar-refractivity contribution in [3.63, 3.8) is 0 Å². The number of Topliss-reactive ketones (excluding diaryl/α,β-unsaturated/α-hetero) is 1. The molecule has 4 heteroatoms. The molecule has 1 unspecified atom stereocenters. The van der Waals surface area contributed by atoms with Gasteiger partial charge in [0.15, 0.2) is 6.10 Å². The Bertz CT molecular complexity index is 536. The quantitative estimate of drug-likeness (QED) is 0.736. The summed E-state index contributed by atoms with van der Waals surface area (Å²) in [5, 5.41) is 0. The molecule has 1 aromatic rings. The van der Waals surface area contributed by atoms with Crippen molar-refractivity contribution in [1.82, 2.24) is 0 Å². The third kappa shape index (κ3) is 1.30. The van der Waals surface area contributed by atoms with Crippen LogP contribution in [-0.2, 0) is 11.2 Å². The third-order valence-corrected chi connectivity index (χ3v) is 3.37. The summed E-state index contributed by atoms with van der Waals surface area (Å²) in [6.45, 7) is 4.31. The van der Waals surface area contributed by atoms with E-state index in [9.17, 15) is 9.59 Å². The molecule has 0 aromatic heterocycles. The molecule has 0 saturated heterocycles. The lowest BCUT2D eigenvalue weighted by atomic mass is 10.0. The number of nitrogens with zero attached hydrogens (tertiary/aromatic N) is 1. The molecule has 3 rings (SSSR count). The van der Waals surface area contributed by atoms with Crippen molar-refractivity contribution in [2.24, 2.45) is 0 Å². The number of rotatable bonds is 1. The normalized spacial score (nSPS) is 21.5. The van der Waals surface area contributed by atoms with Crippen LogP contribution in [0.3, 0.4) is 0 Å². The summed E-state index contributed by atoms with van der Waals surface area (Å²) in [6.07, 6.45) is 0.000796. The Balaban J connectivity index is 2.14. The van der Waals surface area contributed by atoms with Crippen molar-refractivity contribution < 1.29 is 14.3 Å². The van der Waals surface area contributed by atoms with E-state index in [4.69, 9.17) is 4.74 Å². The Labute approximate surface area is 99.2 Å². The molecular weight excluding hydrogens is 218 g/mol. The van der Waals surface area contributed by atoms with Crippen LogP contribution in [0.4, 0.5) is 5.69 Å². The van der Waals surface area contributed by atoms with Gasteiger partial charge in [-0.05, 0) is 31.5 Å². The summed E-state index contributed by atoms with van der Waals surface area (Å²) in [6, 6.07) is 3.63. The van der Waals surface area contributed by atoms with Crippen LogP contribution < -0.4 is 9.64 Å². The molecule has 0 spiro atoms. The maximum atomic E-state index is 11.8. The van der Waals surface area contributed by atoms with Crippen LogP contribution in [-0.4, -0.2) is 24.3 Å². The number of fused-ring (bicyclic) bond motifs is 2. The van der Waals surface area contributed by atoms with Crippen molar-refractivity contribution in [2.75, 3.05) is 11.4 Å². The molecule has 88 valence electrons. The fraction of sp³-hybridized carbons (Fsp3) is 0.385. The minimum atomic E-state index is -0.404. The first-order valence-electron chi connectivity index (χ1n) is 5.80. The topological polar surface area (TPSA) is 46.6 Å². The average molecular weight is 231 g/mol. The number of likely N-dealkylation sites (N-methyl/N-ethyl adjacent to an activating group) is 1. The smallest absolute Gasteiger partial charge is 0.231 e. The third-order valence-electron chi connectivity index (χ3n) is 3.37. The highest BCUT2D eigenvalue weighted by Crippen LogP contribution is 2.38. The standard InChI is InChI=1S/C13H13NO3/c1-3-14-10-6-9-11(17-7(2)13(9)16)4-8(10)5-12(14)15/h4,6-7H,3,5H2,1-2H3. The molecule has 0 aliphatic carbocycles. The maximum absolute atomic E-state index is 11.8. The van der Waals surface area contributed by atoms with Crippen molar-refractivity contribution >= 4 is 17.4 Å². The molecule has 2 aliphatic rings. The van der Waals surface area contributed by atoms with E-state index in [2.05, 4.69) is 0 Å². The van der Waals surface area contributed by atoms with Crippen LogP contribution >= 0.6 is 0 Å². The molecule has 0 saturated carbocycles. The lowest BCUT2D eigenvalue weighted by molar-refractivity contribution is -0.117. The second-order valence-electron chi connectivity index (χ2n) is 4.42. The first-order valence-corrected chi connectivity index (χ1v) is 5.80. The highest BCUT2D eigenvalue weighted by molar-refractivity contribution is 6.08. The molecule has 1 amide bonds. The van der Waals surface area contributed by atoms with Crippen LogP contribution in [0.5, 0.6) is 5.75 Å². The van der Waals surface area contributed by atoms with Crippen LogP contribution in [0.1, 0.15) is 29.8 Å². The van der Waals surface area contributed by atoms with Crippen molar-refractivity contribution in [1.29, 1.82) is 0 Å². The summed E-state index contributed by atoms with van der Waals surface area (Å²) < 4.78 is 5.47. The Kier molecular flexibility index (Phi) is 2.02. The molecule has 2 heterocycles. The van der Waals surface area contributed by atoms with Gasteiger partial charge < -0.3 is 9.64 Å². The molecule has 0 bridgehead atoms. The van der Waals surface area contributed by atoms with Crippen LogP contribution in [0.2, 0.25) is 0 Å². The monoisotopic (exact) mass is 231 g/mol. The summed E-state index contributed by atoms with van der Waals surface area (Å²) in [4.78, 5) is 25.3. The van der Waals surface area contributed by atoms with Crippen molar-refractivity contribution in [3.05, 3.63) is 23.3 Å². The second-order valence-corrected chi connectivity index (χ2v) is 4.42. The Morgan fingerprint density at radius 2 is 2.18 bits per heavy atom. The number of carbonyl (C=O) groups is 2. The van der Waals surface area contributed by atoms with Gasteiger partial charge in [0.25, 0.3) is 0 Å². The molecule has 1 aromatic carbocycles. The van der Waals surface area contributed by atoms with Crippen LogP contribution in [0.25, 0.3) is 0 Å². The van der Waals surface area contributed by atoms with Crippen LogP contribution in [0.15, 0.2) is 12.1 Å². The van der Waals surface area contributed by atoms with Gasteiger partial charge in [-0.3, -0.25) is 9.59 Å². The highest BCUT2D eigenvalue weighted by atomic mass is 16.5. The fourth-order valence-corrected chi connectivity index (χ4v) is 2.50. The zero-order chi connectivity index (χ0) is 12.2. The number of anilines is 1. The van der Waals surface area contributed by atoms with Gasteiger partial charge in [-0.2, -0.15) is 0 Å². The summed E-state index contributed by atoms with van der Waals surface area (Å²) in [5.74, 6) is 0.705. The Morgan fingerprint density at radius 3 is 2.88 bits per heavy atom. The average Bonchev–Trinajstić information content (AvgIpc) is 2.74. The number of amides is 1. The molecule has 0 N–H and O–H groups in total. The number of benzene rings is 1. The fourth-order valence-electron chi connectivity index (χ4n) is 2.50. The zero-order valence-electron chi connectivity index (χ0n) is 9.82. The lowest BCUT2D eigenvalue weighted by Crippen LogP contribution is -2.26. The molecule has 4 nitrogen and oxygen atoms in total. The molecule has 1 atom stereocenters. The zero-order valence-corrected chi connectivity index (χ0v) is 9.82. The molecule has 17 heavy (non-hydrogen) atoms. The second kappa shape index (κ2) is 3.32. The summed E-state index contributed by atoms with van der Waals surface area (Å²) in [7, 11) is 0. The van der Waals surface area contributed by atoms with E-state index in [0.29, 0.717) is 24.3 Å². The number of ketones is 1. The summed E-state index contributed by atoms with van der Waals surface area (Å²) >= 11 is 0. The highest BCUT2D eigenvalue weighted by Gasteiger charge is 2.34. The van der Waals surface area contributed by atoms with Gasteiger partial charge >= 0.3 is 0 Å². The van der Waals surface area contributed by atoms with E-state index in [1.165, 1.54) is 0 Å². The largest absolute Gasteiger partial charge is 0.482 e. The van der Waals surface area contributed by atoms with Gasteiger partial charge in [0.1, 0.15) is 5.75 Å². The first-order chi connectivity index (χ1) is 8.11. The van der Waals surface area contributed by atoms with Gasteiger partial charge in [0.05, 0.1) is 12.0 Å². The SMILES string of the molecule is CCN1C(=O)Cc2cc3c(cc21)C(=O)C(C)O3. The van der Waals surface area contributed by atoms with Crippen LogP contribution in [0, 0.1) is 0 Å². The number of hydrogen-bond acceptors (Lipinski definition) is 3. The van der Waals surface area contributed by atoms with Gasteiger partial charge in [0.2, 0.25) is 11.7 Å². The summed E-state index contributed by atoms with van der Waals surface area (Å²) in [5.41, 5.74) is 2.42. The van der Waals surface area contributed by atoms with Gasteiger partial charge in [-0.15, -0.1) is 0 Å². The number of ether oxygens (including phenoxy) is 1. The predicted octanol–water partition coefficient (Wildman–Crippen LogP) is 1.56. The van der Waals surface area contributed by atoms with Gasteiger partial charge in [-0.25, -0.2) is 0 Å². The maximum Gasteiger partial charge on any atom is 0.231 e. The Morgan fingerprint density at radius 1 is 1.41 bits per heavy atom. The molecule has 0 fully saturated rings. The van der Waals surface area contributed by atoms with Crippen molar-refractivity contribution in [2.45, 2.75) is 26.4 Å².